The molecule has 3 rings (SSSR count). The standard InChI is InChI=1S/C14H13N5O/c15-8-11-4-3-10(9-16-11)14(20)19-7-1-2-13(19)12-5-6-17-18-12/h3-6,9,13H,1-2,7H2,(H,17,18)/t13-/m0/s1. The van der Waals surface area contributed by atoms with E-state index in [-0.39, 0.29) is 11.9 Å². The van der Waals surface area contributed by atoms with Crippen LogP contribution in [0.3, 0.4) is 0 Å². The average molecular weight is 267 g/mol. The maximum atomic E-state index is 12.5. The van der Waals surface area contributed by atoms with Crippen LogP contribution in [-0.4, -0.2) is 32.5 Å². The van der Waals surface area contributed by atoms with Crippen molar-refractivity contribution in [3.8, 4) is 6.07 Å². The van der Waals surface area contributed by atoms with Crippen molar-refractivity contribution < 1.29 is 4.79 Å². The van der Waals surface area contributed by atoms with Gasteiger partial charge in [0.05, 0.1) is 17.3 Å². The van der Waals surface area contributed by atoms with Gasteiger partial charge in [-0.2, -0.15) is 10.4 Å². The third-order valence-corrected chi connectivity index (χ3v) is 3.52. The molecule has 0 radical (unpaired) electrons. The number of carbonyl (C=O) groups excluding carboxylic acids is 1. The number of nitrogens with one attached hydrogen (secondary N) is 1. The first-order valence-electron chi connectivity index (χ1n) is 6.46. The van der Waals surface area contributed by atoms with Crippen molar-refractivity contribution in [2.75, 3.05) is 6.54 Å². The summed E-state index contributed by atoms with van der Waals surface area (Å²) in [4.78, 5) is 18.3. The minimum Gasteiger partial charge on any atom is -0.330 e. The van der Waals surface area contributed by atoms with Gasteiger partial charge in [-0.1, -0.05) is 0 Å². The van der Waals surface area contributed by atoms with Crippen molar-refractivity contribution in [1.82, 2.24) is 20.1 Å². The Kier molecular flexibility index (Phi) is 3.17. The van der Waals surface area contributed by atoms with Crippen molar-refractivity contribution in [3.63, 3.8) is 0 Å². The van der Waals surface area contributed by atoms with Crippen molar-refractivity contribution in [1.29, 1.82) is 5.26 Å². The molecule has 20 heavy (non-hydrogen) atoms. The SMILES string of the molecule is N#Cc1ccc(C(=O)N2CCC[C@H]2c2ccn[nH]2)cn1. The van der Waals surface area contributed by atoms with Gasteiger partial charge < -0.3 is 4.90 Å². The molecule has 6 nitrogen and oxygen atoms in total. The number of nitrogens with zero attached hydrogens (tertiary/aromatic N) is 4. The van der Waals surface area contributed by atoms with E-state index in [1.807, 2.05) is 17.0 Å². The number of amides is 1. The van der Waals surface area contributed by atoms with Crippen molar-refractivity contribution in [3.05, 3.63) is 47.5 Å². The molecule has 3 heterocycles. The minimum absolute atomic E-state index is 0.0423. The Balaban J connectivity index is 1.84. The van der Waals surface area contributed by atoms with E-state index >= 15 is 0 Å². The van der Waals surface area contributed by atoms with Crippen LogP contribution in [0.1, 0.15) is 40.6 Å². The second-order valence-corrected chi connectivity index (χ2v) is 4.71. The summed E-state index contributed by atoms with van der Waals surface area (Å²) in [5.41, 5.74) is 1.78. The lowest BCUT2D eigenvalue weighted by Crippen LogP contribution is -2.30. The lowest BCUT2D eigenvalue weighted by molar-refractivity contribution is 0.0732. The molecule has 6 heteroatoms. The zero-order valence-electron chi connectivity index (χ0n) is 10.8. The number of hydrogen-bond acceptors (Lipinski definition) is 4. The Morgan fingerprint density at radius 2 is 2.35 bits per heavy atom. The van der Waals surface area contributed by atoms with E-state index < -0.39 is 0 Å². The molecule has 0 bridgehead atoms. The van der Waals surface area contributed by atoms with Gasteiger partial charge in [0.2, 0.25) is 0 Å². The van der Waals surface area contributed by atoms with Crippen LogP contribution >= 0.6 is 0 Å². The van der Waals surface area contributed by atoms with Crippen LogP contribution < -0.4 is 0 Å². The first kappa shape index (κ1) is 12.4. The maximum Gasteiger partial charge on any atom is 0.255 e. The number of H-pyrrole nitrogens is 1. The summed E-state index contributed by atoms with van der Waals surface area (Å²) in [5.74, 6) is -0.0564. The van der Waals surface area contributed by atoms with Crippen LogP contribution in [0.5, 0.6) is 0 Å². The molecule has 2 aromatic heterocycles. The molecule has 0 spiro atoms. The van der Waals surface area contributed by atoms with Gasteiger partial charge in [-0.25, -0.2) is 4.98 Å². The highest BCUT2D eigenvalue weighted by molar-refractivity contribution is 5.94. The molecule has 1 atom stereocenters. The zero-order chi connectivity index (χ0) is 13.9. The predicted molar refractivity (Wildman–Crippen MR) is 70.6 cm³/mol. The van der Waals surface area contributed by atoms with Crippen molar-refractivity contribution in [2.24, 2.45) is 0 Å². The molecule has 0 aromatic carbocycles. The van der Waals surface area contributed by atoms with E-state index in [0.29, 0.717) is 11.3 Å². The number of nitriles is 1. The van der Waals surface area contributed by atoms with Gasteiger partial charge in [0.15, 0.2) is 0 Å². The van der Waals surface area contributed by atoms with Gasteiger partial charge in [-0.3, -0.25) is 9.89 Å². The smallest absolute Gasteiger partial charge is 0.255 e. The summed E-state index contributed by atoms with van der Waals surface area (Å²) in [5, 5.41) is 15.6. The summed E-state index contributed by atoms with van der Waals surface area (Å²) >= 11 is 0. The van der Waals surface area contributed by atoms with E-state index in [2.05, 4.69) is 15.2 Å². The number of rotatable bonds is 2. The molecule has 1 amide bonds. The Morgan fingerprint density at radius 1 is 1.45 bits per heavy atom. The molecule has 2 aromatic rings. The monoisotopic (exact) mass is 267 g/mol. The van der Waals surface area contributed by atoms with E-state index in [9.17, 15) is 4.79 Å². The number of carbonyl (C=O) groups is 1. The third kappa shape index (κ3) is 2.14. The zero-order valence-corrected chi connectivity index (χ0v) is 10.8. The van der Waals surface area contributed by atoms with Gasteiger partial charge >= 0.3 is 0 Å². The number of likely N-dealkylation sites (tertiary alicyclic amines) is 1. The van der Waals surface area contributed by atoms with Gasteiger partial charge in [-0.05, 0) is 31.0 Å². The number of aromatic nitrogens is 3. The Labute approximate surface area is 116 Å². The topological polar surface area (TPSA) is 85.7 Å². The fourth-order valence-electron chi connectivity index (χ4n) is 2.54. The molecule has 100 valence electrons. The highest BCUT2D eigenvalue weighted by Crippen LogP contribution is 2.31. The van der Waals surface area contributed by atoms with E-state index in [0.717, 1.165) is 25.1 Å². The molecule has 1 aliphatic rings. The average Bonchev–Trinajstić information content (AvgIpc) is 3.16. The van der Waals surface area contributed by atoms with E-state index in [1.54, 1.807) is 18.3 Å². The molecule has 1 aliphatic heterocycles. The number of aromatic amines is 1. The minimum atomic E-state index is -0.0564. The predicted octanol–water partition coefficient (Wildman–Crippen LogP) is 1.65. The van der Waals surface area contributed by atoms with Crippen LogP contribution in [0.4, 0.5) is 0 Å². The van der Waals surface area contributed by atoms with Crippen LogP contribution in [0.15, 0.2) is 30.6 Å². The van der Waals surface area contributed by atoms with Gasteiger partial charge in [-0.15, -0.1) is 0 Å². The molecule has 0 unspecified atom stereocenters. The Hall–Kier alpha value is -2.68. The molecular weight excluding hydrogens is 254 g/mol. The molecule has 0 aliphatic carbocycles. The molecule has 1 saturated heterocycles. The van der Waals surface area contributed by atoms with Crippen LogP contribution in [-0.2, 0) is 0 Å². The second kappa shape index (κ2) is 5.13. The van der Waals surface area contributed by atoms with Crippen molar-refractivity contribution in [2.45, 2.75) is 18.9 Å². The fourth-order valence-corrected chi connectivity index (χ4v) is 2.54. The summed E-state index contributed by atoms with van der Waals surface area (Å²) in [6.45, 7) is 0.725. The lowest BCUT2D eigenvalue weighted by Gasteiger charge is -2.23. The summed E-state index contributed by atoms with van der Waals surface area (Å²) in [6.07, 6.45) is 5.06. The van der Waals surface area contributed by atoms with Gasteiger partial charge in [0, 0.05) is 18.9 Å². The van der Waals surface area contributed by atoms with Crippen LogP contribution in [0.25, 0.3) is 0 Å². The van der Waals surface area contributed by atoms with Gasteiger partial charge in [0.1, 0.15) is 11.8 Å². The molecular formula is C14H13N5O. The number of hydrogen-bond donors (Lipinski definition) is 1. The molecule has 1 fully saturated rings. The quantitative estimate of drug-likeness (QED) is 0.896. The second-order valence-electron chi connectivity index (χ2n) is 4.71. The lowest BCUT2D eigenvalue weighted by atomic mass is 10.1. The largest absolute Gasteiger partial charge is 0.330 e. The molecule has 0 saturated carbocycles. The highest BCUT2D eigenvalue weighted by Gasteiger charge is 2.31. The Bertz CT molecular complexity index is 641. The fraction of sp³-hybridized carbons (Fsp3) is 0.286. The Morgan fingerprint density at radius 3 is 3.00 bits per heavy atom. The van der Waals surface area contributed by atoms with Crippen LogP contribution in [0.2, 0.25) is 0 Å². The summed E-state index contributed by atoms with van der Waals surface area (Å²) in [6, 6.07) is 7.10. The van der Waals surface area contributed by atoms with Crippen molar-refractivity contribution >= 4 is 5.91 Å². The maximum absolute atomic E-state index is 12.5. The van der Waals surface area contributed by atoms with E-state index in [1.165, 1.54) is 6.20 Å². The molecule has 1 N–H and O–H groups in total. The summed E-state index contributed by atoms with van der Waals surface area (Å²) < 4.78 is 0. The third-order valence-electron chi connectivity index (χ3n) is 3.52. The summed E-state index contributed by atoms with van der Waals surface area (Å²) in [7, 11) is 0. The number of pyridine rings is 1. The normalized spacial score (nSPS) is 17.9. The van der Waals surface area contributed by atoms with Crippen LogP contribution in [0, 0.1) is 11.3 Å². The van der Waals surface area contributed by atoms with Gasteiger partial charge in [0.25, 0.3) is 5.91 Å². The van der Waals surface area contributed by atoms with E-state index in [4.69, 9.17) is 5.26 Å². The highest BCUT2D eigenvalue weighted by atomic mass is 16.2. The first-order chi connectivity index (χ1) is 9.79. The first-order valence-corrected chi connectivity index (χ1v) is 6.46.